The van der Waals surface area contributed by atoms with E-state index in [-0.39, 0.29) is 11.7 Å². The quantitative estimate of drug-likeness (QED) is 0.679. The van der Waals surface area contributed by atoms with E-state index < -0.39 is 10.7 Å². The lowest BCUT2D eigenvalue weighted by Gasteiger charge is -2.36. The van der Waals surface area contributed by atoms with Crippen LogP contribution in [0.3, 0.4) is 0 Å². The van der Waals surface area contributed by atoms with Crippen molar-refractivity contribution in [3.05, 3.63) is 39.7 Å². The van der Waals surface area contributed by atoms with E-state index in [4.69, 9.17) is 5.73 Å². The predicted octanol–water partition coefficient (Wildman–Crippen LogP) is 2.29. The van der Waals surface area contributed by atoms with Crippen molar-refractivity contribution in [2.45, 2.75) is 32.4 Å². The summed E-state index contributed by atoms with van der Waals surface area (Å²) < 4.78 is 13.4. The molecule has 0 spiro atoms. The van der Waals surface area contributed by atoms with Gasteiger partial charge in [-0.1, -0.05) is 13.3 Å². The predicted molar refractivity (Wildman–Crippen MR) is 74.7 cm³/mol. The molecule has 0 aliphatic carbocycles. The molecule has 1 heterocycles. The smallest absolute Gasteiger partial charge is 0.272 e. The molecule has 0 aromatic heterocycles. The van der Waals surface area contributed by atoms with Crippen molar-refractivity contribution in [1.29, 1.82) is 0 Å². The minimum atomic E-state index is -0.562. The second kappa shape index (κ2) is 6.28. The molecule has 0 bridgehead atoms. The molecule has 2 unspecified atom stereocenters. The number of nitro groups is 1. The molecule has 1 aliphatic heterocycles. The van der Waals surface area contributed by atoms with Crippen molar-refractivity contribution in [3.63, 3.8) is 0 Å². The Kier molecular flexibility index (Phi) is 4.67. The SMILES string of the molecule is CCC1CN(Cc2cc(F)cc([N+](=O)[O-])c2)CCC1N. The highest BCUT2D eigenvalue weighted by molar-refractivity contribution is 5.35. The van der Waals surface area contributed by atoms with Crippen LogP contribution in [-0.2, 0) is 6.54 Å². The normalized spacial score (nSPS) is 23.8. The fourth-order valence-electron chi connectivity index (χ4n) is 2.79. The molecule has 1 aliphatic rings. The van der Waals surface area contributed by atoms with Gasteiger partial charge in [-0.2, -0.15) is 0 Å². The van der Waals surface area contributed by atoms with Gasteiger partial charge in [0.25, 0.3) is 5.69 Å². The molecule has 0 saturated carbocycles. The minimum Gasteiger partial charge on any atom is -0.327 e. The van der Waals surface area contributed by atoms with Gasteiger partial charge in [0, 0.05) is 25.2 Å². The van der Waals surface area contributed by atoms with Gasteiger partial charge >= 0.3 is 0 Å². The lowest BCUT2D eigenvalue weighted by Crippen LogP contribution is -2.46. The minimum absolute atomic E-state index is 0.194. The van der Waals surface area contributed by atoms with Crippen LogP contribution in [0.15, 0.2) is 18.2 Å². The number of piperidine rings is 1. The lowest BCUT2D eigenvalue weighted by atomic mass is 9.90. The Morgan fingerprint density at radius 3 is 2.90 bits per heavy atom. The zero-order chi connectivity index (χ0) is 14.7. The number of hydrogen-bond acceptors (Lipinski definition) is 4. The van der Waals surface area contributed by atoms with E-state index in [1.807, 2.05) is 0 Å². The van der Waals surface area contributed by atoms with Gasteiger partial charge in [-0.25, -0.2) is 4.39 Å². The summed E-state index contributed by atoms with van der Waals surface area (Å²) in [6.07, 6.45) is 1.93. The zero-order valence-electron chi connectivity index (χ0n) is 11.6. The van der Waals surface area contributed by atoms with Gasteiger partial charge in [0.1, 0.15) is 5.82 Å². The number of nitro benzene ring substituents is 1. The average molecular weight is 281 g/mol. The van der Waals surface area contributed by atoms with Gasteiger partial charge in [0.05, 0.1) is 11.0 Å². The molecule has 0 radical (unpaired) electrons. The third-order valence-electron chi connectivity index (χ3n) is 3.96. The molecule has 1 aromatic rings. The van der Waals surface area contributed by atoms with Crippen molar-refractivity contribution < 1.29 is 9.31 Å². The highest BCUT2D eigenvalue weighted by Crippen LogP contribution is 2.22. The lowest BCUT2D eigenvalue weighted by molar-refractivity contribution is -0.385. The van der Waals surface area contributed by atoms with Crippen molar-refractivity contribution in [3.8, 4) is 0 Å². The van der Waals surface area contributed by atoms with Crippen LogP contribution in [0, 0.1) is 21.8 Å². The molecule has 2 rings (SSSR count). The van der Waals surface area contributed by atoms with Gasteiger partial charge in [0.2, 0.25) is 0 Å². The summed E-state index contributed by atoms with van der Waals surface area (Å²) in [6, 6.07) is 3.98. The van der Waals surface area contributed by atoms with Gasteiger partial charge < -0.3 is 5.73 Å². The first-order chi connectivity index (χ1) is 9.49. The van der Waals surface area contributed by atoms with E-state index in [0.717, 1.165) is 32.0 Å². The summed E-state index contributed by atoms with van der Waals surface area (Å²) in [6.45, 7) is 4.35. The largest absolute Gasteiger partial charge is 0.327 e. The number of likely N-dealkylation sites (tertiary alicyclic amines) is 1. The van der Waals surface area contributed by atoms with E-state index in [9.17, 15) is 14.5 Å². The van der Waals surface area contributed by atoms with Crippen molar-refractivity contribution in [1.82, 2.24) is 4.90 Å². The summed E-state index contributed by atoms with van der Waals surface area (Å²) in [7, 11) is 0. The topological polar surface area (TPSA) is 72.4 Å². The first-order valence-corrected chi connectivity index (χ1v) is 6.91. The Morgan fingerprint density at radius 2 is 2.25 bits per heavy atom. The molecule has 20 heavy (non-hydrogen) atoms. The molecule has 1 saturated heterocycles. The molecule has 1 fully saturated rings. The summed E-state index contributed by atoms with van der Waals surface area (Å²) >= 11 is 0. The summed E-state index contributed by atoms with van der Waals surface area (Å²) in [5, 5.41) is 10.7. The number of nitrogens with two attached hydrogens (primary N) is 1. The van der Waals surface area contributed by atoms with E-state index in [2.05, 4.69) is 11.8 Å². The summed E-state index contributed by atoms with van der Waals surface area (Å²) in [4.78, 5) is 12.4. The van der Waals surface area contributed by atoms with Crippen LogP contribution in [0.5, 0.6) is 0 Å². The fourth-order valence-corrected chi connectivity index (χ4v) is 2.79. The van der Waals surface area contributed by atoms with Gasteiger partial charge in [0.15, 0.2) is 0 Å². The number of nitrogens with zero attached hydrogens (tertiary/aromatic N) is 2. The van der Waals surface area contributed by atoms with Crippen LogP contribution in [-0.4, -0.2) is 29.0 Å². The molecule has 2 atom stereocenters. The second-order valence-corrected chi connectivity index (χ2v) is 5.43. The highest BCUT2D eigenvalue weighted by Gasteiger charge is 2.25. The first-order valence-electron chi connectivity index (χ1n) is 6.91. The van der Waals surface area contributed by atoms with Crippen molar-refractivity contribution in [2.24, 2.45) is 11.7 Å². The van der Waals surface area contributed by atoms with E-state index >= 15 is 0 Å². The molecule has 6 heteroatoms. The number of non-ortho nitro benzene ring substituents is 1. The second-order valence-electron chi connectivity index (χ2n) is 5.43. The maximum atomic E-state index is 13.4. The van der Waals surface area contributed by atoms with Crippen molar-refractivity contribution >= 4 is 5.69 Å². The van der Waals surface area contributed by atoms with E-state index in [0.29, 0.717) is 18.0 Å². The molecule has 1 aromatic carbocycles. The Morgan fingerprint density at radius 1 is 1.50 bits per heavy atom. The van der Waals surface area contributed by atoms with Gasteiger partial charge in [-0.05, 0) is 30.5 Å². The van der Waals surface area contributed by atoms with Crippen LogP contribution in [0.1, 0.15) is 25.3 Å². The maximum absolute atomic E-state index is 13.4. The third kappa shape index (κ3) is 3.52. The molecular weight excluding hydrogens is 261 g/mol. The highest BCUT2D eigenvalue weighted by atomic mass is 19.1. The molecular formula is C14H20FN3O2. The Balaban J connectivity index is 2.08. The summed E-state index contributed by atoms with van der Waals surface area (Å²) in [5.41, 5.74) is 6.50. The van der Waals surface area contributed by atoms with Crippen molar-refractivity contribution in [2.75, 3.05) is 13.1 Å². The summed E-state index contributed by atoms with van der Waals surface area (Å²) in [5.74, 6) is -0.123. The maximum Gasteiger partial charge on any atom is 0.272 e. The Bertz CT molecular complexity index is 495. The van der Waals surface area contributed by atoms with E-state index in [1.54, 1.807) is 0 Å². The fraction of sp³-hybridized carbons (Fsp3) is 0.571. The monoisotopic (exact) mass is 281 g/mol. The van der Waals surface area contributed by atoms with E-state index in [1.165, 1.54) is 12.1 Å². The van der Waals surface area contributed by atoms with Crippen LogP contribution in [0.25, 0.3) is 0 Å². The number of halogens is 1. The Hall–Kier alpha value is -1.53. The third-order valence-corrected chi connectivity index (χ3v) is 3.96. The van der Waals surface area contributed by atoms with Crippen LogP contribution in [0.2, 0.25) is 0 Å². The number of rotatable bonds is 4. The molecule has 2 N–H and O–H groups in total. The van der Waals surface area contributed by atoms with Crippen LogP contribution in [0.4, 0.5) is 10.1 Å². The molecule has 0 amide bonds. The molecule has 5 nitrogen and oxygen atoms in total. The number of hydrogen-bond donors (Lipinski definition) is 1. The van der Waals surface area contributed by atoms with Crippen LogP contribution < -0.4 is 5.73 Å². The van der Waals surface area contributed by atoms with Crippen LogP contribution >= 0.6 is 0 Å². The Labute approximate surface area is 117 Å². The first kappa shape index (κ1) is 14.9. The molecule has 110 valence electrons. The average Bonchev–Trinajstić information content (AvgIpc) is 2.40. The standard InChI is InChI=1S/C14H20FN3O2/c1-2-11-9-17(4-3-14(11)16)8-10-5-12(15)7-13(6-10)18(19)20/h5-7,11,14H,2-4,8-9,16H2,1H3. The van der Waals surface area contributed by atoms with Gasteiger partial charge in [-0.15, -0.1) is 0 Å². The zero-order valence-corrected chi connectivity index (χ0v) is 11.6. The number of benzene rings is 1. The van der Waals surface area contributed by atoms with Gasteiger partial charge in [-0.3, -0.25) is 15.0 Å².